The minimum absolute atomic E-state index is 0.00625. The summed E-state index contributed by atoms with van der Waals surface area (Å²) in [4.78, 5) is 2.52. The Kier molecular flexibility index (Phi) is 2.51. The van der Waals surface area contributed by atoms with Crippen LogP contribution in [0.15, 0.2) is 12.1 Å². The fourth-order valence-corrected chi connectivity index (χ4v) is 5.86. The van der Waals surface area contributed by atoms with Crippen LogP contribution in [0.5, 0.6) is 11.5 Å². The summed E-state index contributed by atoms with van der Waals surface area (Å²) in [7, 11) is 3.96. The van der Waals surface area contributed by atoms with Gasteiger partial charge in [0.05, 0.1) is 13.2 Å². The zero-order chi connectivity index (χ0) is 15.1. The second-order valence-electron chi connectivity index (χ2n) is 7.46. The summed E-state index contributed by atoms with van der Waals surface area (Å²) >= 11 is 0. The van der Waals surface area contributed by atoms with E-state index in [0.717, 1.165) is 43.7 Å². The predicted molar refractivity (Wildman–Crippen MR) is 82.6 cm³/mol. The van der Waals surface area contributed by atoms with Gasteiger partial charge in [0, 0.05) is 17.0 Å². The zero-order valence-electron chi connectivity index (χ0n) is 13.2. The largest absolute Gasteiger partial charge is 0.493 e. The summed E-state index contributed by atoms with van der Waals surface area (Å²) < 4.78 is 11.9. The van der Waals surface area contributed by atoms with E-state index in [0.29, 0.717) is 12.0 Å². The molecule has 2 fully saturated rings. The molecule has 22 heavy (non-hydrogen) atoms. The molecule has 118 valence electrons. The third-order valence-electron chi connectivity index (χ3n) is 6.77. The van der Waals surface area contributed by atoms with Crippen molar-refractivity contribution in [1.82, 2.24) is 4.90 Å². The number of rotatable bonds is 1. The highest BCUT2D eigenvalue weighted by atomic mass is 16.5. The maximum atomic E-state index is 10.6. The van der Waals surface area contributed by atoms with E-state index < -0.39 is 0 Å². The Bertz CT molecular complexity index is 645. The lowest BCUT2D eigenvalue weighted by Crippen LogP contribution is -2.66. The van der Waals surface area contributed by atoms with Crippen molar-refractivity contribution < 1.29 is 14.6 Å². The Morgan fingerprint density at radius 1 is 1.36 bits per heavy atom. The lowest BCUT2D eigenvalue weighted by molar-refractivity contribution is -0.0993. The standard InChI is InChI=1S/C18H23NO3/c1-19-8-7-18-11-4-5-13(20)17(18)22-16-14(21-2)6-3-10(15(16)18)9-12(11)19/h3,6,11-13,17,20H,4-5,7-9H2,1-2H3/t11?,12-,13?,17+,18+/m1/s1. The van der Waals surface area contributed by atoms with Crippen LogP contribution in [-0.2, 0) is 11.8 Å². The molecule has 0 radical (unpaired) electrons. The first-order chi connectivity index (χ1) is 10.7. The molecule has 4 nitrogen and oxygen atoms in total. The molecule has 1 saturated heterocycles. The Morgan fingerprint density at radius 2 is 2.23 bits per heavy atom. The van der Waals surface area contributed by atoms with Crippen molar-refractivity contribution in [2.45, 2.75) is 49.3 Å². The Hall–Kier alpha value is -1.26. The quantitative estimate of drug-likeness (QED) is 0.858. The van der Waals surface area contributed by atoms with E-state index in [2.05, 4.69) is 18.0 Å². The van der Waals surface area contributed by atoms with Gasteiger partial charge in [0.25, 0.3) is 0 Å². The molecular formula is C18H23NO3. The van der Waals surface area contributed by atoms with Crippen molar-refractivity contribution in [3.05, 3.63) is 23.3 Å². The number of nitrogens with zero attached hydrogens (tertiary/aromatic N) is 1. The number of likely N-dealkylation sites (N-methyl/N-ethyl adjacent to an activating group) is 1. The van der Waals surface area contributed by atoms with Crippen LogP contribution in [0.25, 0.3) is 0 Å². The van der Waals surface area contributed by atoms with Crippen LogP contribution in [0.1, 0.15) is 30.4 Å². The molecule has 5 atom stereocenters. The van der Waals surface area contributed by atoms with Crippen molar-refractivity contribution in [2.24, 2.45) is 5.92 Å². The molecule has 2 heterocycles. The molecule has 1 spiro atoms. The van der Waals surface area contributed by atoms with Gasteiger partial charge in [-0.3, -0.25) is 0 Å². The Balaban J connectivity index is 1.80. The molecule has 0 aromatic heterocycles. The van der Waals surface area contributed by atoms with Gasteiger partial charge in [-0.1, -0.05) is 6.07 Å². The van der Waals surface area contributed by atoms with Gasteiger partial charge in [-0.05, 0) is 56.8 Å². The third-order valence-corrected chi connectivity index (χ3v) is 6.77. The van der Waals surface area contributed by atoms with Gasteiger partial charge in [0.15, 0.2) is 11.5 Å². The van der Waals surface area contributed by atoms with Gasteiger partial charge >= 0.3 is 0 Å². The molecule has 2 bridgehead atoms. The fourth-order valence-electron chi connectivity index (χ4n) is 5.86. The zero-order valence-corrected chi connectivity index (χ0v) is 13.2. The number of ether oxygens (including phenoxy) is 2. The third kappa shape index (κ3) is 1.32. The van der Waals surface area contributed by atoms with Crippen LogP contribution in [0.3, 0.4) is 0 Å². The second-order valence-corrected chi connectivity index (χ2v) is 7.46. The van der Waals surface area contributed by atoms with E-state index in [1.54, 1.807) is 7.11 Å². The number of likely N-dealkylation sites (tertiary alicyclic amines) is 1. The topological polar surface area (TPSA) is 41.9 Å². The van der Waals surface area contributed by atoms with Crippen molar-refractivity contribution in [2.75, 3.05) is 20.7 Å². The molecule has 4 aliphatic rings. The van der Waals surface area contributed by atoms with E-state index in [1.807, 2.05) is 6.07 Å². The average Bonchev–Trinajstić information content (AvgIpc) is 2.88. The smallest absolute Gasteiger partial charge is 0.165 e. The number of hydrogen-bond acceptors (Lipinski definition) is 4. The van der Waals surface area contributed by atoms with Gasteiger partial charge in [0.2, 0.25) is 0 Å². The van der Waals surface area contributed by atoms with Crippen LogP contribution in [0.2, 0.25) is 0 Å². The summed E-state index contributed by atoms with van der Waals surface area (Å²) in [6, 6.07) is 4.83. The van der Waals surface area contributed by atoms with Crippen LogP contribution in [-0.4, -0.2) is 49.0 Å². The van der Waals surface area contributed by atoms with Gasteiger partial charge in [0.1, 0.15) is 6.10 Å². The van der Waals surface area contributed by atoms with Crippen LogP contribution < -0.4 is 9.47 Å². The molecular weight excluding hydrogens is 278 g/mol. The Morgan fingerprint density at radius 3 is 3.05 bits per heavy atom. The van der Waals surface area contributed by atoms with E-state index >= 15 is 0 Å². The van der Waals surface area contributed by atoms with Gasteiger partial charge in [-0.15, -0.1) is 0 Å². The van der Waals surface area contributed by atoms with Crippen molar-refractivity contribution in [3.8, 4) is 11.5 Å². The highest BCUT2D eigenvalue weighted by Gasteiger charge is 2.65. The molecule has 1 saturated carbocycles. The monoisotopic (exact) mass is 301 g/mol. The SMILES string of the molecule is COc1ccc2c3c1O[C@H]1C(O)CCC4[C@@H](C2)N(C)CC[C@@]341. The van der Waals surface area contributed by atoms with E-state index in [1.165, 1.54) is 11.1 Å². The summed E-state index contributed by atoms with van der Waals surface area (Å²) in [5, 5.41) is 10.6. The van der Waals surface area contributed by atoms with Crippen molar-refractivity contribution in [3.63, 3.8) is 0 Å². The molecule has 4 heteroatoms. The fraction of sp³-hybridized carbons (Fsp3) is 0.667. The minimum Gasteiger partial charge on any atom is -0.493 e. The number of piperidine rings is 1. The normalized spacial score (nSPS) is 41.8. The predicted octanol–water partition coefficient (Wildman–Crippen LogP) is 1.73. The molecule has 2 aliphatic carbocycles. The lowest BCUT2D eigenvalue weighted by Gasteiger charge is -2.58. The minimum atomic E-state index is -0.358. The van der Waals surface area contributed by atoms with Crippen molar-refractivity contribution >= 4 is 0 Å². The van der Waals surface area contributed by atoms with Crippen LogP contribution in [0.4, 0.5) is 0 Å². The van der Waals surface area contributed by atoms with Crippen molar-refractivity contribution in [1.29, 1.82) is 0 Å². The maximum Gasteiger partial charge on any atom is 0.165 e. The molecule has 5 rings (SSSR count). The molecule has 2 unspecified atom stereocenters. The summed E-state index contributed by atoms with van der Waals surface area (Å²) in [6.45, 7) is 1.09. The summed E-state index contributed by atoms with van der Waals surface area (Å²) in [5.41, 5.74) is 2.77. The maximum absolute atomic E-state index is 10.6. The average molecular weight is 301 g/mol. The number of aliphatic hydroxyl groups is 1. The van der Waals surface area contributed by atoms with E-state index in [4.69, 9.17) is 9.47 Å². The summed E-state index contributed by atoms with van der Waals surface area (Å²) in [5.74, 6) is 2.34. The first-order valence-electron chi connectivity index (χ1n) is 8.42. The Labute approximate surface area is 131 Å². The molecule has 2 aliphatic heterocycles. The number of aliphatic hydroxyl groups excluding tert-OH is 1. The van der Waals surface area contributed by atoms with Gasteiger partial charge < -0.3 is 19.5 Å². The number of hydrogen-bond donors (Lipinski definition) is 1. The first kappa shape index (κ1) is 13.2. The van der Waals surface area contributed by atoms with Crippen LogP contribution in [0, 0.1) is 5.92 Å². The van der Waals surface area contributed by atoms with E-state index in [9.17, 15) is 5.11 Å². The van der Waals surface area contributed by atoms with Gasteiger partial charge in [-0.2, -0.15) is 0 Å². The first-order valence-corrected chi connectivity index (χ1v) is 8.42. The summed E-state index contributed by atoms with van der Waals surface area (Å²) in [6.07, 6.45) is 3.69. The van der Waals surface area contributed by atoms with E-state index in [-0.39, 0.29) is 17.6 Å². The van der Waals surface area contributed by atoms with Crippen LogP contribution >= 0.6 is 0 Å². The lowest BCUT2D eigenvalue weighted by atomic mass is 9.51. The molecule has 1 N–H and O–H groups in total. The number of benzene rings is 1. The molecule has 0 amide bonds. The number of methoxy groups -OCH3 is 1. The van der Waals surface area contributed by atoms with Gasteiger partial charge in [-0.25, -0.2) is 0 Å². The highest BCUT2D eigenvalue weighted by Crippen LogP contribution is 2.63. The molecule has 1 aromatic carbocycles. The second kappa shape index (κ2) is 4.18. The molecule has 1 aromatic rings. The highest BCUT2D eigenvalue weighted by molar-refractivity contribution is 5.61.